The number of aromatic hydroxyl groups is 2. The van der Waals surface area contributed by atoms with Crippen LogP contribution >= 0.6 is 0 Å². The Morgan fingerprint density at radius 2 is 1.57 bits per heavy atom. The predicted octanol–water partition coefficient (Wildman–Crippen LogP) is 2.78. The number of carbonyl (C=O) groups excluding carboxylic acids is 1. The standard InChI is InChI=1S/C18H21NO4/c1-2-23-12-11-19(13-14-3-7-16(20)8-4-14)18(22)15-5-9-17(21)10-6-15/h3-10,20-21H,2,11-13H2,1H3. The minimum Gasteiger partial charge on any atom is -0.508 e. The summed E-state index contributed by atoms with van der Waals surface area (Å²) in [6, 6.07) is 13.0. The first-order valence-corrected chi connectivity index (χ1v) is 7.54. The zero-order valence-electron chi connectivity index (χ0n) is 13.1. The van der Waals surface area contributed by atoms with Crippen LogP contribution in [0.1, 0.15) is 22.8 Å². The van der Waals surface area contributed by atoms with Crippen LogP contribution in [0, 0.1) is 0 Å². The minimum atomic E-state index is -0.127. The van der Waals surface area contributed by atoms with E-state index >= 15 is 0 Å². The number of hydrogen-bond acceptors (Lipinski definition) is 4. The monoisotopic (exact) mass is 315 g/mol. The van der Waals surface area contributed by atoms with E-state index in [1.54, 1.807) is 41.3 Å². The van der Waals surface area contributed by atoms with Crippen LogP contribution < -0.4 is 0 Å². The Bertz CT molecular complexity index is 622. The number of rotatable bonds is 7. The van der Waals surface area contributed by atoms with Gasteiger partial charge in [0.2, 0.25) is 0 Å². The third-order valence-corrected chi connectivity index (χ3v) is 3.42. The second-order valence-corrected chi connectivity index (χ2v) is 5.14. The van der Waals surface area contributed by atoms with Gasteiger partial charge in [-0.25, -0.2) is 0 Å². The summed E-state index contributed by atoms with van der Waals surface area (Å²) in [6.07, 6.45) is 0. The van der Waals surface area contributed by atoms with E-state index in [-0.39, 0.29) is 17.4 Å². The molecule has 2 aromatic carbocycles. The van der Waals surface area contributed by atoms with Gasteiger partial charge in [0.1, 0.15) is 11.5 Å². The molecule has 0 spiro atoms. The molecule has 0 fully saturated rings. The van der Waals surface area contributed by atoms with Crippen molar-refractivity contribution in [2.75, 3.05) is 19.8 Å². The van der Waals surface area contributed by atoms with Crippen molar-refractivity contribution in [2.45, 2.75) is 13.5 Å². The van der Waals surface area contributed by atoms with Crippen molar-refractivity contribution < 1.29 is 19.7 Å². The Kier molecular flexibility index (Phi) is 6.00. The first kappa shape index (κ1) is 16.8. The van der Waals surface area contributed by atoms with Gasteiger partial charge in [-0.1, -0.05) is 12.1 Å². The molecule has 1 amide bonds. The van der Waals surface area contributed by atoms with Gasteiger partial charge in [0, 0.05) is 25.3 Å². The number of amides is 1. The maximum absolute atomic E-state index is 12.7. The van der Waals surface area contributed by atoms with E-state index in [4.69, 9.17) is 4.74 Å². The van der Waals surface area contributed by atoms with Crippen molar-refractivity contribution in [1.82, 2.24) is 4.90 Å². The lowest BCUT2D eigenvalue weighted by Gasteiger charge is -2.23. The molecule has 23 heavy (non-hydrogen) atoms. The molecule has 0 radical (unpaired) electrons. The molecule has 0 saturated heterocycles. The second kappa shape index (κ2) is 8.19. The summed E-state index contributed by atoms with van der Waals surface area (Å²) in [5, 5.41) is 18.7. The number of phenolic OH excluding ortho intramolecular Hbond substituents is 2. The van der Waals surface area contributed by atoms with Crippen molar-refractivity contribution in [1.29, 1.82) is 0 Å². The average molecular weight is 315 g/mol. The fourth-order valence-corrected chi connectivity index (χ4v) is 2.18. The molecule has 0 heterocycles. The molecular weight excluding hydrogens is 294 g/mol. The van der Waals surface area contributed by atoms with Crippen LogP contribution in [0.5, 0.6) is 11.5 Å². The van der Waals surface area contributed by atoms with Gasteiger partial charge in [0.15, 0.2) is 0 Å². The van der Waals surface area contributed by atoms with Gasteiger partial charge >= 0.3 is 0 Å². The maximum atomic E-state index is 12.7. The SMILES string of the molecule is CCOCCN(Cc1ccc(O)cc1)C(=O)c1ccc(O)cc1. The molecule has 5 heteroatoms. The Morgan fingerprint density at radius 1 is 1.00 bits per heavy atom. The van der Waals surface area contributed by atoms with Gasteiger partial charge in [-0.3, -0.25) is 4.79 Å². The Morgan fingerprint density at radius 3 is 2.13 bits per heavy atom. The number of hydrogen-bond donors (Lipinski definition) is 2. The fourth-order valence-electron chi connectivity index (χ4n) is 2.18. The first-order valence-electron chi connectivity index (χ1n) is 7.54. The van der Waals surface area contributed by atoms with Crippen molar-refractivity contribution >= 4 is 5.91 Å². The lowest BCUT2D eigenvalue weighted by atomic mass is 10.1. The molecule has 0 bridgehead atoms. The van der Waals surface area contributed by atoms with E-state index in [2.05, 4.69) is 0 Å². The van der Waals surface area contributed by atoms with E-state index in [1.165, 1.54) is 12.1 Å². The van der Waals surface area contributed by atoms with E-state index in [1.807, 2.05) is 6.92 Å². The van der Waals surface area contributed by atoms with Crippen molar-refractivity contribution in [3.8, 4) is 11.5 Å². The minimum absolute atomic E-state index is 0.126. The highest BCUT2D eigenvalue weighted by Gasteiger charge is 2.16. The summed E-state index contributed by atoms with van der Waals surface area (Å²) in [7, 11) is 0. The molecular formula is C18H21NO4. The maximum Gasteiger partial charge on any atom is 0.254 e. The number of benzene rings is 2. The van der Waals surface area contributed by atoms with Gasteiger partial charge in [0.05, 0.1) is 6.61 Å². The van der Waals surface area contributed by atoms with Gasteiger partial charge in [-0.15, -0.1) is 0 Å². The molecule has 0 atom stereocenters. The molecule has 0 aromatic heterocycles. The summed E-state index contributed by atoms with van der Waals surface area (Å²) < 4.78 is 5.35. The molecule has 0 aliphatic carbocycles. The Labute approximate surface area is 135 Å². The molecule has 2 aromatic rings. The molecule has 0 aliphatic rings. The summed E-state index contributed by atoms with van der Waals surface area (Å²) >= 11 is 0. The summed E-state index contributed by atoms with van der Waals surface area (Å²) in [6.45, 7) is 3.85. The van der Waals surface area contributed by atoms with Crippen molar-refractivity contribution in [3.05, 3.63) is 59.7 Å². The lowest BCUT2D eigenvalue weighted by Crippen LogP contribution is -2.33. The zero-order chi connectivity index (χ0) is 16.7. The number of nitrogens with zero attached hydrogens (tertiary/aromatic N) is 1. The molecule has 122 valence electrons. The van der Waals surface area contributed by atoms with Gasteiger partial charge in [-0.05, 0) is 48.9 Å². The number of ether oxygens (including phenoxy) is 1. The van der Waals surface area contributed by atoms with Crippen LogP contribution in [-0.4, -0.2) is 40.8 Å². The highest BCUT2D eigenvalue weighted by molar-refractivity contribution is 5.94. The third kappa shape index (κ3) is 5.00. The van der Waals surface area contributed by atoms with Gasteiger partial charge in [-0.2, -0.15) is 0 Å². The van der Waals surface area contributed by atoms with E-state index in [9.17, 15) is 15.0 Å². The van der Waals surface area contributed by atoms with E-state index in [0.29, 0.717) is 31.9 Å². The molecule has 0 aliphatic heterocycles. The largest absolute Gasteiger partial charge is 0.508 e. The topological polar surface area (TPSA) is 70.0 Å². The molecule has 5 nitrogen and oxygen atoms in total. The highest BCUT2D eigenvalue weighted by atomic mass is 16.5. The zero-order valence-corrected chi connectivity index (χ0v) is 13.1. The third-order valence-electron chi connectivity index (χ3n) is 3.42. The van der Waals surface area contributed by atoms with Gasteiger partial charge in [0.25, 0.3) is 5.91 Å². The Balaban J connectivity index is 2.13. The average Bonchev–Trinajstić information content (AvgIpc) is 2.56. The predicted molar refractivity (Wildman–Crippen MR) is 87.4 cm³/mol. The Hall–Kier alpha value is -2.53. The smallest absolute Gasteiger partial charge is 0.254 e. The summed E-state index contributed by atoms with van der Waals surface area (Å²) in [5.41, 5.74) is 1.43. The summed E-state index contributed by atoms with van der Waals surface area (Å²) in [5.74, 6) is 0.193. The normalized spacial score (nSPS) is 10.5. The van der Waals surface area contributed by atoms with E-state index in [0.717, 1.165) is 5.56 Å². The van der Waals surface area contributed by atoms with Crippen LogP contribution in [0.25, 0.3) is 0 Å². The van der Waals surface area contributed by atoms with Gasteiger partial charge < -0.3 is 19.8 Å². The van der Waals surface area contributed by atoms with Crippen LogP contribution in [0.3, 0.4) is 0 Å². The quantitative estimate of drug-likeness (QED) is 0.771. The van der Waals surface area contributed by atoms with E-state index < -0.39 is 0 Å². The van der Waals surface area contributed by atoms with Crippen molar-refractivity contribution in [2.24, 2.45) is 0 Å². The fraction of sp³-hybridized carbons (Fsp3) is 0.278. The van der Waals surface area contributed by atoms with Crippen LogP contribution in [0.2, 0.25) is 0 Å². The number of carbonyl (C=O) groups is 1. The lowest BCUT2D eigenvalue weighted by molar-refractivity contribution is 0.0641. The molecule has 0 unspecified atom stereocenters. The van der Waals surface area contributed by atoms with Crippen LogP contribution in [-0.2, 0) is 11.3 Å². The number of phenols is 2. The van der Waals surface area contributed by atoms with Crippen LogP contribution in [0.15, 0.2) is 48.5 Å². The molecule has 0 saturated carbocycles. The molecule has 2 rings (SSSR count). The second-order valence-electron chi connectivity index (χ2n) is 5.14. The highest BCUT2D eigenvalue weighted by Crippen LogP contribution is 2.15. The van der Waals surface area contributed by atoms with Crippen LogP contribution in [0.4, 0.5) is 0 Å². The first-order chi connectivity index (χ1) is 11.1. The van der Waals surface area contributed by atoms with Crippen molar-refractivity contribution in [3.63, 3.8) is 0 Å². The molecule has 2 N–H and O–H groups in total. The summed E-state index contributed by atoms with van der Waals surface area (Å²) in [4.78, 5) is 14.3.